The molecule has 1 aromatic carbocycles. The van der Waals surface area contributed by atoms with Crippen molar-refractivity contribution in [1.29, 1.82) is 0 Å². The molecule has 1 saturated heterocycles. The van der Waals surface area contributed by atoms with E-state index in [9.17, 15) is 9.59 Å². The van der Waals surface area contributed by atoms with E-state index in [4.69, 9.17) is 23.2 Å². The van der Waals surface area contributed by atoms with Gasteiger partial charge in [0.05, 0.1) is 15.4 Å². The Morgan fingerprint density at radius 3 is 2.52 bits per heavy atom. The summed E-state index contributed by atoms with van der Waals surface area (Å²) in [4.78, 5) is 32.7. The number of rotatable bonds is 2. The van der Waals surface area contributed by atoms with Crippen LogP contribution >= 0.6 is 34.5 Å². The van der Waals surface area contributed by atoms with Crippen molar-refractivity contribution in [2.45, 2.75) is 25.8 Å². The van der Waals surface area contributed by atoms with E-state index in [1.807, 2.05) is 13.0 Å². The lowest BCUT2D eigenvalue weighted by Gasteiger charge is -2.29. The predicted octanol–water partition coefficient (Wildman–Crippen LogP) is 4.30. The normalized spacial score (nSPS) is 16.3. The van der Waals surface area contributed by atoms with Crippen molar-refractivity contribution in [2.75, 3.05) is 20.1 Å². The molecular formula is C19H19Cl2N3O2S. The monoisotopic (exact) mass is 423 g/mol. The fourth-order valence-corrected chi connectivity index (χ4v) is 5.15. The zero-order valence-corrected chi connectivity index (χ0v) is 17.3. The Balaban J connectivity index is 1.95. The van der Waals surface area contributed by atoms with Crippen LogP contribution in [0.15, 0.2) is 27.8 Å². The van der Waals surface area contributed by atoms with Crippen LogP contribution < -0.4 is 11.2 Å². The van der Waals surface area contributed by atoms with Gasteiger partial charge in [0.2, 0.25) is 0 Å². The van der Waals surface area contributed by atoms with E-state index in [2.05, 4.69) is 16.9 Å². The summed E-state index contributed by atoms with van der Waals surface area (Å²) in [5.41, 5.74) is 1.08. The number of aromatic nitrogens is 2. The summed E-state index contributed by atoms with van der Waals surface area (Å²) < 4.78 is 1.41. The maximum Gasteiger partial charge on any atom is 0.329 e. The lowest BCUT2D eigenvalue weighted by atomic mass is 10.0. The topological polar surface area (TPSA) is 58.1 Å². The molecule has 0 spiro atoms. The molecule has 3 aromatic rings. The molecule has 0 atom stereocenters. The maximum absolute atomic E-state index is 13.4. The summed E-state index contributed by atoms with van der Waals surface area (Å²) in [7, 11) is 2.05. The standard InChI is InChI=1S/C19H19Cl2N3O2S/c1-10-15(11-3-4-13(20)14(21)9-11)16-17(27-10)22-19(26)24(18(16)25)12-5-7-23(2)8-6-12/h3-4,9,12H,5-8H2,1-2H3,(H,22,26). The van der Waals surface area contributed by atoms with E-state index < -0.39 is 0 Å². The molecule has 1 fully saturated rings. The van der Waals surface area contributed by atoms with Gasteiger partial charge in [0.1, 0.15) is 4.83 Å². The van der Waals surface area contributed by atoms with Crippen LogP contribution in [0.25, 0.3) is 21.3 Å². The molecule has 0 unspecified atom stereocenters. The molecule has 0 amide bonds. The summed E-state index contributed by atoms with van der Waals surface area (Å²) in [6.45, 7) is 3.69. The lowest BCUT2D eigenvalue weighted by molar-refractivity contribution is 0.216. The van der Waals surface area contributed by atoms with Crippen LogP contribution in [-0.4, -0.2) is 34.6 Å². The summed E-state index contributed by atoms with van der Waals surface area (Å²) in [6, 6.07) is 5.27. The predicted molar refractivity (Wildman–Crippen MR) is 113 cm³/mol. The Labute approximate surface area is 170 Å². The zero-order chi connectivity index (χ0) is 19.3. The average molecular weight is 424 g/mol. The fourth-order valence-electron chi connectivity index (χ4n) is 3.79. The Hall–Kier alpha value is -1.60. The van der Waals surface area contributed by atoms with Gasteiger partial charge in [0, 0.05) is 16.5 Å². The highest BCUT2D eigenvalue weighted by Crippen LogP contribution is 2.37. The molecule has 1 aliphatic heterocycles. The quantitative estimate of drug-likeness (QED) is 0.668. The minimum Gasteiger partial charge on any atom is -0.306 e. The van der Waals surface area contributed by atoms with Crippen LogP contribution in [-0.2, 0) is 0 Å². The number of thiophene rings is 1. The SMILES string of the molecule is Cc1sc2[nH]c(=O)n(C3CCN(C)CC3)c(=O)c2c1-c1ccc(Cl)c(Cl)c1. The van der Waals surface area contributed by atoms with Crippen molar-refractivity contribution in [1.82, 2.24) is 14.5 Å². The number of nitrogens with zero attached hydrogens (tertiary/aromatic N) is 2. The Morgan fingerprint density at radius 1 is 1.15 bits per heavy atom. The summed E-state index contributed by atoms with van der Waals surface area (Å²) >= 11 is 13.7. The van der Waals surface area contributed by atoms with Crippen molar-refractivity contribution in [3.05, 3.63) is 54.0 Å². The molecule has 142 valence electrons. The van der Waals surface area contributed by atoms with Crippen LogP contribution in [0.5, 0.6) is 0 Å². The molecule has 2 aromatic heterocycles. The third-order valence-corrected chi connectivity index (χ3v) is 6.98. The Morgan fingerprint density at radius 2 is 1.85 bits per heavy atom. The minimum atomic E-state index is -0.330. The van der Waals surface area contributed by atoms with E-state index in [0.29, 0.717) is 20.3 Å². The van der Waals surface area contributed by atoms with Crippen LogP contribution in [0, 0.1) is 6.92 Å². The molecule has 0 radical (unpaired) electrons. The van der Waals surface area contributed by atoms with Crippen LogP contribution in [0.3, 0.4) is 0 Å². The third-order valence-electron chi connectivity index (χ3n) is 5.22. The smallest absolute Gasteiger partial charge is 0.306 e. The second kappa shape index (κ2) is 7.09. The van der Waals surface area contributed by atoms with Crippen LogP contribution in [0.2, 0.25) is 10.0 Å². The van der Waals surface area contributed by atoms with Crippen molar-refractivity contribution in [3.63, 3.8) is 0 Å². The summed E-state index contributed by atoms with van der Waals surface area (Å²) in [5.74, 6) is 0. The number of likely N-dealkylation sites (tertiary alicyclic amines) is 1. The number of nitrogens with one attached hydrogen (secondary N) is 1. The molecule has 0 bridgehead atoms. The summed E-state index contributed by atoms with van der Waals surface area (Å²) in [6.07, 6.45) is 1.58. The number of piperidine rings is 1. The van der Waals surface area contributed by atoms with E-state index in [-0.39, 0.29) is 17.3 Å². The van der Waals surface area contributed by atoms with E-state index in [0.717, 1.165) is 41.9 Å². The third kappa shape index (κ3) is 3.25. The first-order valence-corrected chi connectivity index (χ1v) is 10.4. The molecule has 0 aliphatic carbocycles. The highest BCUT2D eigenvalue weighted by molar-refractivity contribution is 7.19. The summed E-state index contributed by atoms with van der Waals surface area (Å²) in [5, 5.41) is 1.46. The maximum atomic E-state index is 13.4. The molecule has 8 heteroatoms. The van der Waals surface area contributed by atoms with Gasteiger partial charge in [0.15, 0.2) is 0 Å². The number of benzene rings is 1. The first kappa shape index (κ1) is 18.7. The molecule has 3 heterocycles. The second-order valence-corrected chi connectivity index (χ2v) is 9.05. The van der Waals surface area contributed by atoms with Gasteiger partial charge < -0.3 is 4.90 Å². The first-order chi connectivity index (χ1) is 12.9. The second-order valence-electron chi connectivity index (χ2n) is 7.01. The van der Waals surface area contributed by atoms with Gasteiger partial charge in [0.25, 0.3) is 5.56 Å². The van der Waals surface area contributed by atoms with Gasteiger partial charge in [-0.1, -0.05) is 29.3 Å². The van der Waals surface area contributed by atoms with Gasteiger partial charge in [-0.2, -0.15) is 0 Å². The average Bonchev–Trinajstić information content (AvgIpc) is 2.95. The zero-order valence-electron chi connectivity index (χ0n) is 15.0. The van der Waals surface area contributed by atoms with Crippen LogP contribution in [0.1, 0.15) is 23.8 Å². The number of hydrogen-bond donors (Lipinski definition) is 1. The minimum absolute atomic E-state index is 0.0799. The van der Waals surface area contributed by atoms with Crippen molar-refractivity contribution in [2.24, 2.45) is 0 Å². The van der Waals surface area contributed by atoms with Crippen molar-refractivity contribution >= 4 is 44.8 Å². The number of fused-ring (bicyclic) bond motifs is 1. The van der Waals surface area contributed by atoms with Gasteiger partial charge in [-0.15, -0.1) is 11.3 Å². The van der Waals surface area contributed by atoms with E-state index >= 15 is 0 Å². The molecule has 4 rings (SSSR count). The van der Waals surface area contributed by atoms with Gasteiger partial charge >= 0.3 is 5.69 Å². The van der Waals surface area contributed by atoms with Crippen LogP contribution in [0.4, 0.5) is 0 Å². The van der Waals surface area contributed by atoms with Gasteiger partial charge in [-0.25, -0.2) is 4.79 Å². The number of hydrogen-bond acceptors (Lipinski definition) is 4. The number of halogens is 2. The van der Waals surface area contributed by atoms with E-state index in [1.54, 1.807) is 12.1 Å². The molecule has 1 N–H and O–H groups in total. The van der Waals surface area contributed by atoms with Crippen molar-refractivity contribution in [3.8, 4) is 11.1 Å². The molecule has 1 aliphatic rings. The largest absolute Gasteiger partial charge is 0.329 e. The number of aryl methyl sites for hydroxylation is 1. The highest BCUT2D eigenvalue weighted by Gasteiger charge is 2.25. The Kier molecular flexibility index (Phi) is 4.93. The first-order valence-electron chi connectivity index (χ1n) is 8.78. The molecule has 0 saturated carbocycles. The number of aromatic amines is 1. The highest BCUT2D eigenvalue weighted by atomic mass is 35.5. The van der Waals surface area contributed by atoms with E-state index in [1.165, 1.54) is 15.9 Å². The number of H-pyrrole nitrogens is 1. The fraction of sp³-hybridized carbons (Fsp3) is 0.368. The molecular weight excluding hydrogens is 405 g/mol. The van der Waals surface area contributed by atoms with Crippen molar-refractivity contribution < 1.29 is 0 Å². The molecule has 5 nitrogen and oxygen atoms in total. The molecule has 27 heavy (non-hydrogen) atoms. The lowest BCUT2D eigenvalue weighted by Crippen LogP contribution is -2.42. The Bertz CT molecular complexity index is 1140. The van der Waals surface area contributed by atoms with Gasteiger partial charge in [-0.3, -0.25) is 14.3 Å². The van der Waals surface area contributed by atoms with Gasteiger partial charge in [-0.05, 0) is 57.6 Å².